The molecule has 7 rings (SSSR count). The topological polar surface area (TPSA) is 132 Å². The third kappa shape index (κ3) is 9.38. The van der Waals surface area contributed by atoms with Gasteiger partial charge in [0, 0.05) is 40.5 Å². The lowest BCUT2D eigenvalue weighted by Crippen LogP contribution is -2.45. The van der Waals surface area contributed by atoms with Gasteiger partial charge in [0.25, 0.3) is 5.22 Å². The first kappa shape index (κ1) is 38.6. The molecule has 0 aliphatic carbocycles. The third-order valence-corrected chi connectivity index (χ3v) is 10.6. The highest BCUT2D eigenvalue weighted by atomic mass is 32.2. The molecule has 286 valence electrons. The Hall–Kier alpha value is -5.72. The predicted molar refractivity (Wildman–Crippen MR) is 216 cm³/mol. The number of anilines is 1. The number of benzene rings is 5. The van der Waals surface area contributed by atoms with Crippen molar-refractivity contribution in [2.75, 3.05) is 18.2 Å². The van der Waals surface area contributed by atoms with E-state index in [1.807, 2.05) is 127 Å². The Morgan fingerprint density at radius 2 is 1.48 bits per heavy atom. The maximum Gasteiger partial charge on any atom is 0.328 e. The molecule has 0 radical (unpaired) electrons. The number of carbonyl (C=O) groups is 2. The van der Waals surface area contributed by atoms with Gasteiger partial charge in [-0.05, 0) is 28.8 Å². The summed E-state index contributed by atoms with van der Waals surface area (Å²) in [6, 6.07) is 42.9. The van der Waals surface area contributed by atoms with Crippen molar-refractivity contribution in [1.82, 2.24) is 10.3 Å². The number of carbonyl (C=O) groups excluding carboxylic acids is 2. The zero-order valence-electron chi connectivity index (χ0n) is 31.0. The first-order valence-corrected chi connectivity index (χ1v) is 19.4. The van der Waals surface area contributed by atoms with E-state index in [-0.39, 0.29) is 31.2 Å². The zero-order chi connectivity index (χ0) is 38.9. The third-order valence-electron chi connectivity index (χ3n) is 9.68. The summed E-state index contributed by atoms with van der Waals surface area (Å²) in [6.07, 6.45) is -1.16. The summed E-state index contributed by atoms with van der Waals surface area (Å²) in [5, 5.41) is 15.8. The van der Waals surface area contributed by atoms with Gasteiger partial charge in [0.05, 0.1) is 25.9 Å². The number of esters is 1. The van der Waals surface area contributed by atoms with E-state index in [0.717, 1.165) is 33.5 Å². The zero-order valence-corrected chi connectivity index (χ0v) is 31.9. The summed E-state index contributed by atoms with van der Waals surface area (Å²) < 4.78 is 24.8. The summed E-state index contributed by atoms with van der Waals surface area (Å²) in [7, 11) is 1.30. The molecular weight excluding hydrogens is 727 g/mol. The van der Waals surface area contributed by atoms with Crippen LogP contribution in [0.1, 0.15) is 41.6 Å². The number of methoxy groups -OCH3 is 1. The maximum atomic E-state index is 13.2. The van der Waals surface area contributed by atoms with E-state index in [2.05, 4.69) is 17.6 Å². The Morgan fingerprint density at radius 3 is 2.16 bits per heavy atom. The average molecular weight is 770 g/mol. The fourth-order valence-electron chi connectivity index (χ4n) is 6.68. The fourth-order valence-corrected chi connectivity index (χ4v) is 7.66. The number of oxazole rings is 1. The van der Waals surface area contributed by atoms with Crippen LogP contribution in [0.2, 0.25) is 0 Å². The summed E-state index contributed by atoms with van der Waals surface area (Å²) in [5.41, 5.74) is 6.50. The van der Waals surface area contributed by atoms with Gasteiger partial charge in [-0.2, -0.15) is 0 Å². The van der Waals surface area contributed by atoms with Gasteiger partial charge in [0.1, 0.15) is 11.7 Å². The van der Waals surface area contributed by atoms with Crippen LogP contribution in [0.4, 0.5) is 10.5 Å². The van der Waals surface area contributed by atoms with Gasteiger partial charge in [-0.15, -0.1) is 0 Å². The second-order valence-electron chi connectivity index (χ2n) is 13.5. The molecule has 11 heteroatoms. The van der Waals surface area contributed by atoms with Gasteiger partial charge < -0.3 is 34.4 Å². The summed E-state index contributed by atoms with van der Waals surface area (Å²) in [5.74, 6) is 0.593. The van der Waals surface area contributed by atoms with Gasteiger partial charge in [-0.3, -0.25) is 0 Å². The Kier molecular flexibility index (Phi) is 12.6. The highest BCUT2D eigenvalue weighted by Gasteiger charge is 2.39. The molecule has 1 aliphatic heterocycles. The second kappa shape index (κ2) is 18.3. The lowest BCUT2D eigenvalue weighted by Gasteiger charge is -2.41. The molecule has 3 N–H and O–H groups in total. The molecule has 0 saturated carbocycles. The molecular formula is C45H43N3O7S. The van der Waals surface area contributed by atoms with Crippen molar-refractivity contribution in [2.24, 2.45) is 5.92 Å². The molecule has 0 unspecified atom stereocenters. The Balaban J connectivity index is 1.11. The van der Waals surface area contributed by atoms with Crippen LogP contribution in [0, 0.1) is 5.92 Å². The number of hydrogen-bond donors (Lipinski definition) is 3. The molecule has 0 spiro atoms. The monoisotopic (exact) mass is 769 g/mol. The first-order chi connectivity index (χ1) is 27.4. The van der Waals surface area contributed by atoms with Crippen LogP contribution in [0.5, 0.6) is 0 Å². The molecule has 1 aliphatic rings. The number of urea groups is 1. The number of aromatic nitrogens is 1. The molecule has 5 atom stereocenters. The summed E-state index contributed by atoms with van der Waals surface area (Å²) in [6.45, 7) is 2.04. The number of nitrogens with zero attached hydrogens (tertiary/aromatic N) is 1. The van der Waals surface area contributed by atoms with Crippen LogP contribution in [-0.2, 0) is 32.0 Å². The fraction of sp³-hybridized carbons (Fsp3) is 0.222. The number of thioether (sulfide) groups is 1. The number of amides is 2. The van der Waals surface area contributed by atoms with E-state index in [4.69, 9.17) is 23.6 Å². The van der Waals surface area contributed by atoms with E-state index in [0.29, 0.717) is 28.0 Å². The summed E-state index contributed by atoms with van der Waals surface area (Å²) in [4.78, 5) is 30.7. The molecule has 1 aromatic heterocycles. The molecule has 1 saturated heterocycles. The van der Waals surface area contributed by atoms with Crippen molar-refractivity contribution in [2.45, 2.75) is 49.7 Å². The maximum absolute atomic E-state index is 13.2. The standard InChI is InChI=1S/C45H43N3O7S/c1-29-38(28-56-45-48-39(32-15-8-4-9-16-32)41(55-45)33-17-10-5-11-18-33)53-43(54-40(29)34-23-21-31(27-49)22-24-34)35-19-12-20-36(26-35)46-44(51)47-37(42(50)52-2)25-30-13-6-3-7-14-30/h3-24,26,29,37-38,40,43,49H,25,27-28H2,1-2H3,(H2,46,47,51)/t29-,37+,38+,40+,43+/m1/s1. The Labute approximate surface area is 330 Å². The van der Waals surface area contributed by atoms with Crippen LogP contribution in [-0.4, -0.2) is 47.1 Å². The average Bonchev–Trinajstić information content (AvgIpc) is 3.68. The number of aliphatic hydroxyl groups excluding tert-OH is 1. The number of aliphatic hydroxyl groups is 1. The lowest BCUT2D eigenvalue weighted by atomic mass is 9.91. The van der Waals surface area contributed by atoms with Crippen molar-refractivity contribution in [1.29, 1.82) is 0 Å². The molecule has 6 aromatic rings. The number of nitrogens with one attached hydrogen (secondary N) is 2. The van der Waals surface area contributed by atoms with E-state index in [1.54, 1.807) is 12.1 Å². The highest BCUT2D eigenvalue weighted by Crippen LogP contribution is 2.44. The smallest absolute Gasteiger partial charge is 0.328 e. The van der Waals surface area contributed by atoms with Gasteiger partial charge in [-0.1, -0.05) is 146 Å². The van der Waals surface area contributed by atoms with Gasteiger partial charge in [0.15, 0.2) is 12.1 Å². The van der Waals surface area contributed by atoms with E-state index in [9.17, 15) is 14.7 Å². The van der Waals surface area contributed by atoms with E-state index in [1.165, 1.54) is 18.9 Å². The first-order valence-electron chi connectivity index (χ1n) is 18.4. The SMILES string of the molecule is COC(=O)[C@H](Cc1ccccc1)NC(=O)Nc1cccc([C@H]2O[C@@H](CSc3nc(-c4ccccc4)c(-c4ccccc4)o3)[C@@H](C)[C@@H](c3ccc(CO)cc3)O2)c1. The molecule has 10 nitrogen and oxygen atoms in total. The van der Waals surface area contributed by atoms with Crippen LogP contribution in [0.25, 0.3) is 22.6 Å². The molecule has 5 aromatic carbocycles. The number of ether oxygens (including phenoxy) is 3. The normalized spacial score (nSPS) is 18.5. The van der Waals surface area contributed by atoms with Crippen molar-refractivity contribution < 1.29 is 33.3 Å². The molecule has 2 heterocycles. The largest absolute Gasteiger partial charge is 0.467 e. The molecule has 0 bridgehead atoms. The Morgan fingerprint density at radius 1 is 0.804 bits per heavy atom. The Bertz CT molecular complexity index is 2140. The van der Waals surface area contributed by atoms with Crippen molar-refractivity contribution in [3.05, 3.63) is 162 Å². The quantitative estimate of drug-likeness (QED) is 0.0778. The van der Waals surface area contributed by atoms with Crippen molar-refractivity contribution >= 4 is 29.4 Å². The van der Waals surface area contributed by atoms with Crippen LogP contribution < -0.4 is 10.6 Å². The molecule has 2 amide bonds. The number of rotatable bonds is 13. The van der Waals surface area contributed by atoms with Crippen molar-refractivity contribution in [3.63, 3.8) is 0 Å². The second-order valence-corrected chi connectivity index (χ2v) is 14.5. The van der Waals surface area contributed by atoms with E-state index >= 15 is 0 Å². The van der Waals surface area contributed by atoms with Crippen LogP contribution in [0.15, 0.2) is 149 Å². The van der Waals surface area contributed by atoms with E-state index < -0.39 is 24.3 Å². The molecule has 56 heavy (non-hydrogen) atoms. The molecule has 1 fully saturated rings. The minimum absolute atomic E-state index is 0.0571. The van der Waals surface area contributed by atoms with Crippen molar-refractivity contribution in [3.8, 4) is 22.6 Å². The van der Waals surface area contributed by atoms with Crippen LogP contribution >= 0.6 is 11.8 Å². The number of hydrogen-bond acceptors (Lipinski definition) is 9. The van der Waals surface area contributed by atoms with Crippen LogP contribution in [0.3, 0.4) is 0 Å². The minimum atomic E-state index is -0.885. The highest BCUT2D eigenvalue weighted by molar-refractivity contribution is 7.99. The predicted octanol–water partition coefficient (Wildman–Crippen LogP) is 8.99. The summed E-state index contributed by atoms with van der Waals surface area (Å²) >= 11 is 1.48. The van der Waals surface area contributed by atoms with Gasteiger partial charge in [0.2, 0.25) is 0 Å². The van der Waals surface area contributed by atoms with Gasteiger partial charge >= 0.3 is 12.0 Å². The van der Waals surface area contributed by atoms with Gasteiger partial charge in [-0.25, -0.2) is 14.6 Å². The lowest BCUT2D eigenvalue weighted by molar-refractivity contribution is -0.268. The minimum Gasteiger partial charge on any atom is -0.467 e.